The minimum atomic E-state index is 0.367. The molecule has 4 rings (SSSR count). The second-order valence-corrected chi connectivity index (χ2v) is 7.30. The SMILES string of the molecule is Brc1ccc(N2CCNC3(CCCC3)C2)c2ccccc12. The van der Waals surface area contributed by atoms with Crippen LogP contribution < -0.4 is 10.2 Å². The normalized spacial score (nSPS) is 21.3. The molecule has 1 aliphatic carbocycles. The third-order valence-corrected chi connectivity index (χ3v) is 5.82. The first-order valence-corrected chi connectivity index (χ1v) is 8.74. The first-order valence-electron chi connectivity index (χ1n) is 7.95. The number of nitrogens with one attached hydrogen (secondary N) is 1. The van der Waals surface area contributed by atoms with E-state index in [1.54, 1.807) is 0 Å². The van der Waals surface area contributed by atoms with Crippen LogP contribution >= 0.6 is 15.9 Å². The smallest absolute Gasteiger partial charge is 0.0447 e. The van der Waals surface area contributed by atoms with E-state index >= 15 is 0 Å². The van der Waals surface area contributed by atoms with Crippen molar-refractivity contribution in [1.29, 1.82) is 0 Å². The Balaban J connectivity index is 1.74. The molecule has 0 atom stereocenters. The van der Waals surface area contributed by atoms with E-state index in [0.29, 0.717) is 5.54 Å². The topological polar surface area (TPSA) is 15.3 Å². The molecular formula is C18H21BrN2. The Bertz CT molecular complexity index is 661. The quantitative estimate of drug-likeness (QED) is 0.828. The molecule has 2 aromatic carbocycles. The van der Waals surface area contributed by atoms with Crippen LogP contribution in [0.3, 0.4) is 0 Å². The lowest BCUT2D eigenvalue weighted by molar-refractivity contribution is 0.304. The van der Waals surface area contributed by atoms with E-state index in [0.717, 1.165) is 19.6 Å². The fourth-order valence-electron chi connectivity index (χ4n) is 4.07. The van der Waals surface area contributed by atoms with Crippen molar-refractivity contribution in [2.75, 3.05) is 24.5 Å². The predicted molar refractivity (Wildman–Crippen MR) is 93.1 cm³/mol. The Labute approximate surface area is 134 Å². The summed E-state index contributed by atoms with van der Waals surface area (Å²) in [6.45, 7) is 3.36. The predicted octanol–water partition coefficient (Wildman–Crippen LogP) is 4.32. The van der Waals surface area contributed by atoms with E-state index in [-0.39, 0.29) is 0 Å². The average molecular weight is 345 g/mol. The molecule has 3 heteroatoms. The standard InChI is InChI=1S/C18H21BrN2/c19-16-7-8-17(15-6-2-1-5-14(15)16)21-12-11-20-18(13-21)9-3-4-10-18/h1-2,5-8,20H,3-4,9-13H2. The molecule has 1 heterocycles. The van der Waals surface area contributed by atoms with Crippen molar-refractivity contribution >= 4 is 32.4 Å². The number of hydrogen-bond donors (Lipinski definition) is 1. The van der Waals surface area contributed by atoms with Crippen molar-refractivity contribution in [2.45, 2.75) is 31.2 Å². The molecule has 2 fully saturated rings. The van der Waals surface area contributed by atoms with E-state index in [9.17, 15) is 0 Å². The van der Waals surface area contributed by atoms with Gasteiger partial charge in [-0.2, -0.15) is 0 Å². The fourth-order valence-corrected chi connectivity index (χ4v) is 4.55. The number of fused-ring (bicyclic) bond motifs is 1. The van der Waals surface area contributed by atoms with E-state index in [4.69, 9.17) is 0 Å². The zero-order chi connectivity index (χ0) is 14.3. The Kier molecular flexibility index (Phi) is 3.43. The maximum Gasteiger partial charge on any atom is 0.0447 e. The fraction of sp³-hybridized carbons (Fsp3) is 0.444. The Morgan fingerprint density at radius 2 is 1.76 bits per heavy atom. The van der Waals surface area contributed by atoms with Gasteiger partial charge in [0.05, 0.1) is 0 Å². The molecule has 0 amide bonds. The number of hydrogen-bond acceptors (Lipinski definition) is 2. The van der Waals surface area contributed by atoms with Gasteiger partial charge in [-0.15, -0.1) is 0 Å². The van der Waals surface area contributed by atoms with Crippen molar-refractivity contribution < 1.29 is 0 Å². The molecule has 21 heavy (non-hydrogen) atoms. The first-order chi connectivity index (χ1) is 10.3. The minimum Gasteiger partial charge on any atom is -0.368 e. The number of halogens is 1. The number of anilines is 1. The van der Waals surface area contributed by atoms with Gasteiger partial charge in [0.1, 0.15) is 0 Å². The molecule has 1 spiro atoms. The van der Waals surface area contributed by atoms with Gasteiger partial charge in [-0.1, -0.05) is 53.0 Å². The van der Waals surface area contributed by atoms with Gasteiger partial charge in [0, 0.05) is 40.7 Å². The lowest BCUT2D eigenvalue weighted by Crippen LogP contribution is -2.59. The Morgan fingerprint density at radius 1 is 1.00 bits per heavy atom. The van der Waals surface area contributed by atoms with Crippen LogP contribution in [0.5, 0.6) is 0 Å². The average Bonchev–Trinajstić information content (AvgIpc) is 2.96. The molecule has 0 radical (unpaired) electrons. The number of benzene rings is 2. The maximum absolute atomic E-state index is 3.80. The summed E-state index contributed by atoms with van der Waals surface area (Å²) in [5.41, 5.74) is 1.76. The molecule has 0 aromatic heterocycles. The van der Waals surface area contributed by atoms with Gasteiger partial charge in [0.25, 0.3) is 0 Å². The van der Waals surface area contributed by atoms with E-state index < -0.39 is 0 Å². The molecule has 2 nitrogen and oxygen atoms in total. The number of rotatable bonds is 1. The molecule has 2 aliphatic rings. The van der Waals surface area contributed by atoms with Crippen LogP contribution in [0.15, 0.2) is 40.9 Å². The Hall–Kier alpha value is -1.06. The molecule has 1 saturated carbocycles. The highest BCUT2D eigenvalue weighted by Gasteiger charge is 2.37. The zero-order valence-electron chi connectivity index (χ0n) is 12.2. The molecular weight excluding hydrogens is 324 g/mol. The lowest BCUT2D eigenvalue weighted by Gasteiger charge is -2.43. The lowest BCUT2D eigenvalue weighted by atomic mass is 9.93. The highest BCUT2D eigenvalue weighted by atomic mass is 79.9. The van der Waals surface area contributed by atoms with Crippen LogP contribution in [0.4, 0.5) is 5.69 Å². The summed E-state index contributed by atoms with van der Waals surface area (Å²) in [4.78, 5) is 2.59. The maximum atomic E-state index is 3.80. The van der Waals surface area contributed by atoms with E-state index in [1.807, 2.05) is 0 Å². The van der Waals surface area contributed by atoms with Crippen LogP contribution in [0.1, 0.15) is 25.7 Å². The molecule has 1 N–H and O–H groups in total. The van der Waals surface area contributed by atoms with Gasteiger partial charge in [0.15, 0.2) is 0 Å². The highest BCUT2D eigenvalue weighted by molar-refractivity contribution is 9.10. The van der Waals surface area contributed by atoms with E-state index in [1.165, 1.54) is 46.6 Å². The summed E-state index contributed by atoms with van der Waals surface area (Å²) >= 11 is 3.68. The largest absolute Gasteiger partial charge is 0.368 e. The van der Waals surface area contributed by atoms with Gasteiger partial charge in [-0.25, -0.2) is 0 Å². The molecule has 110 valence electrons. The molecule has 0 unspecified atom stereocenters. The molecule has 2 aromatic rings. The Morgan fingerprint density at radius 3 is 2.57 bits per heavy atom. The second-order valence-electron chi connectivity index (χ2n) is 6.45. The number of nitrogens with zero attached hydrogens (tertiary/aromatic N) is 1. The second kappa shape index (κ2) is 5.29. The number of piperazine rings is 1. The van der Waals surface area contributed by atoms with Crippen molar-refractivity contribution in [2.24, 2.45) is 0 Å². The van der Waals surface area contributed by atoms with E-state index in [2.05, 4.69) is 62.5 Å². The highest BCUT2D eigenvalue weighted by Crippen LogP contribution is 2.37. The van der Waals surface area contributed by atoms with Crippen LogP contribution in [0.25, 0.3) is 10.8 Å². The summed E-state index contributed by atoms with van der Waals surface area (Å²) in [6.07, 6.45) is 5.42. The monoisotopic (exact) mass is 344 g/mol. The first kappa shape index (κ1) is 13.6. The van der Waals surface area contributed by atoms with Gasteiger partial charge < -0.3 is 10.2 Å². The summed E-state index contributed by atoms with van der Waals surface area (Å²) < 4.78 is 1.19. The molecule has 1 saturated heterocycles. The van der Waals surface area contributed by atoms with Gasteiger partial charge in [0.2, 0.25) is 0 Å². The van der Waals surface area contributed by atoms with Crippen LogP contribution in [-0.2, 0) is 0 Å². The molecule has 0 bridgehead atoms. The van der Waals surface area contributed by atoms with Crippen LogP contribution in [0, 0.1) is 0 Å². The summed E-state index contributed by atoms with van der Waals surface area (Å²) in [5, 5.41) is 6.48. The van der Waals surface area contributed by atoms with Crippen molar-refractivity contribution in [3.63, 3.8) is 0 Å². The summed E-state index contributed by atoms with van der Waals surface area (Å²) in [6, 6.07) is 13.2. The van der Waals surface area contributed by atoms with Crippen molar-refractivity contribution in [3.05, 3.63) is 40.9 Å². The van der Waals surface area contributed by atoms with Crippen LogP contribution in [-0.4, -0.2) is 25.2 Å². The third-order valence-electron chi connectivity index (χ3n) is 5.12. The van der Waals surface area contributed by atoms with Gasteiger partial charge >= 0.3 is 0 Å². The summed E-state index contributed by atoms with van der Waals surface area (Å²) in [5.74, 6) is 0. The van der Waals surface area contributed by atoms with Crippen LogP contribution in [0.2, 0.25) is 0 Å². The van der Waals surface area contributed by atoms with Gasteiger partial charge in [-0.05, 0) is 30.4 Å². The summed E-state index contributed by atoms with van der Waals surface area (Å²) in [7, 11) is 0. The minimum absolute atomic E-state index is 0.367. The molecule has 1 aliphatic heterocycles. The van der Waals surface area contributed by atoms with Gasteiger partial charge in [-0.3, -0.25) is 0 Å². The van der Waals surface area contributed by atoms with Crippen molar-refractivity contribution in [3.8, 4) is 0 Å². The van der Waals surface area contributed by atoms with Crippen molar-refractivity contribution in [1.82, 2.24) is 5.32 Å². The zero-order valence-corrected chi connectivity index (χ0v) is 13.8. The third kappa shape index (κ3) is 2.36.